The molecule has 2 atom stereocenters. The molecule has 0 bridgehead atoms. The van der Waals surface area contributed by atoms with E-state index in [1.165, 1.54) is 5.56 Å². The van der Waals surface area contributed by atoms with Gasteiger partial charge in [-0.05, 0) is 31.9 Å². The number of benzene rings is 1. The van der Waals surface area contributed by atoms with Gasteiger partial charge < -0.3 is 15.5 Å². The number of hydrogen-bond acceptors (Lipinski definition) is 3. The monoisotopic (exact) mass is 359 g/mol. The van der Waals surface area contributed by atoms with Gasteiger partial charge in [0.05, 0.1) is 0 Å². The van der Waals surface area contributed by atoms with Crippen LogP contribution in [0.1, 0.15) is 38.8 Å². The molecule has 1 saturated heterocycles. The molecule has 2 N–H and O–H groups in total. The van der Waals surface area contributed by atoms with E-state index in [-0.39, 0.29) is 0 Å². The average molecular weight is 360 g/mol. The van der Waals surface area contributed by atoms with Crippen molar-refractivity contribution in [1.82, 2.24) is 20.4 Å². The predicted octanol–water partition coefficient (Wildman–Crippen LogP) is 2.57. The molecule has 1 fully saturated rings. The van der Waals surface area contributed by atoms with E-state index in [1.807, 2.05) is 7.05 Å². The van der Waals surface area contributed by atoms with Crippen LogP contribution in [0.15, 0.2) is 35.3 Å². The Hall–Kier alpha value is -1.59. The Balaban J connectivity index is 1.81. The lowest BCUT2D eigenvalue weighted by Gasteiger charge is -2.40. The van der Waals surface area contributed by atoms with Gasteiger partial charge in [0.1, 0.15) is 0 Å². The van der Waals surface area contributed by atoms with Crippen LogP contribution in [0.4, 0.5) is 0 Å². The van der Waals surface area contributed by atoms with Crippen molar-refractivity contribution in [2.45, 2.75) is 39.3 Å². The molecule has 1 aliphatic rings. The van der Waals surface area contributed by atoms with Crippen molar-refractivity contribution in [3.05, 3.63) is 35.9 Å². The Bertz CT molecular complexity index is 543. The first kappa shape index (κ1) is 20.7. The Morgan fingerprint density at radius 1 is 1.19 bits per heavy atom. The van der Waals surface area contributed by atoms with Crippen molar-refractivity contribution in [1.29, 1.82) is 0 Å². The largest absolute Gasteiger partial charge is 0.356 e. The van der Waals surface area contributed by atoms with Crippen LogP contribution in [-0.2, 0) is 0 Å². The van der Waals surface area contributed by atoms with E-state index in [1.54, 1.807) is 0 Å². The van der Waals surface area contributed by atoms with Gasteiger partial charge in [0.15, 0.2) is 5.96 Å². The lowest BCUT2D eigenvalue weighted by atomic mass is 10.0. The standard InChI is InChI=1S/C21H37N5/c1-17(2)18(3)24-21(22-4)23-12-9-13-26-15-14-25(5)16-20(26)19-10-7-6-8-11-19/h6-8,10-11,17-18,20H,9,12-16H2,1-5H3,(H2,22,23,24). The molecular formula is C21H37N5. The third kappa shape index (κ3) is 6.29. The normalized spacial score (nSPS) is 21.0. The van der Waals surface area contributed by atoms with Gasteiger partial charge in [0.25, 0.3) is 0 Å². The number of aliphatic imine (C=N–C) groups is 1. The molecule has 5 nitrogen and oxygen atoms in total. The molecule has 26 heavy (non-hydrogen) atoms. The SMILES string of the molecule is CN=C(NCCCN1CCN(C)CC1c1ccccc1)NC(C)C(C)C. The van der Waals surface area contributed by atoms with Crippen LogP contribution >= 0.6 is 0 Å². The lowest BCUT2D eigenvalue weighted by molar-refractivity contribution is 0.0891. The quantitative estimate of drug-likeness (QED) is 0.446. The summed E-state index contributed by atoms with van der Waals surface area (Å²) in [5, 5.41) is 6.92. The van der Waals surface area contributed by atoms with Gasteiger partial charge in [-0.3, -0.25) is 9.89 Å². The zero-order valence-corrected chi connectivity index (χ0v) is 17.2. The van der Waals surface area contributed by atoms with E-state index in [2.05, 4.69) is 83.6 Å². The Morgan fingerprint density at radius 2 is 1.92 bits per heavy atom. The minimum atomic E-state index is 0.418. The van der Waals surface area contributed by atoms with Crippen LogP contribution in [0, 0.1) is 5.92 Å². The van der Waals surface area contributed by atoms with Gasteiger partial charge in [0.2, 0.25) is 0 Å². The maximum atomic E-state index is 4.34. The molecule has 0 aromatic heterocycles. The number of rotatable bonds is 7. The van der Waals surface area contributed by atoms with Crippen LogP contribution in [0.5, 0.6) is 0 Å². The number of hydrogen-bond donors (Lipinski definition) is 2. The Morgan fingerprint density at radius 3 is 2.58 bits per heavy atom. The summed E-state index contributed by atoms with van der Waals surface area (Å²) in [6.45, 7) is 12.1. The first-order valence-corrected chi connectivity index (χ1v) is 9.96. The van der Waals surface area contributed by atoms with Gasteiger partial charge >= 0.3 is 0 Å². The first-order valence-electron chi connectivity index (χ1n) is 9.96. The van der Waals surface area contributed by atoms with Gasteiger partial charge in [0, 0.05) is 51.9 Å². The maximum absolute atomic E-state index is 4.34. The van der Waals surface area contributed by atoms with E-state index >= 15 is 0 Å². The molecule has 0 saturated carbocycles. The van der Waals surface area contributed by atoms with Crippen molar-refractivity contribution in [2.24, 2.45) is 10.9 Å². The highest BCUT2D eigenvalue weighted by molar-refractivity contribution is 5.79. The molecule has 0 amide bonds. The van der Waals surface area contributed by atoms with Crippen molar-refractivity contribution in [3.8, 4) is 0 Å². The summed E-state index contributed by atoms with van der Waals surface area (Å²) in [6.07, 6.45) is 1.11. The molecule has 1 aliphatic heterocycles. The topological polar surface area (TPSA) is 42.9 Å². The van der Waals surface area contributed by atoms with E-state index in [4.69, 9.17) is 0 Å². The molecule has 1 aromatic carbocycles. The van der Waals surface area contributed by atoms with Crippen LogP contribution < -0.4 is 10.6 Å². The predicted molar refractivity (Wildman–Crippen MR) is 112 cm³/mol. The molecule has 146 valence electrons. The second-order valence-corrected chi connectivity index (χ2v) is 7.75. The van der Waals surface area contributed by atoms with E-state index in [0.717, 1.165) is 45.1 Å². The highest BCUT2D eigenvalue weighted by Gasteiger charge is 2.25. The number of guanidine groups is 1. The molecular weight excluding hydrogens is 322 g/mol. The van der Waals surface area contributed by atoms with Crippen molar-refractivity contribution >= 4 is 5.96 Å². The smallest absolute Gasteiger partial charge is 0.191 e. The summed E-state index contributed by atoms with van der Waals surface area (Å²) < 4.78 is 0. The second kappa shape index (κ2) is 10.5. The molecule has 1 heterocycles. The van der Waals surface area contributed by atoms with Crippen molar-refractivity contribution < 1.29 is 0 Å². The second-order valence-electron chi connectivity index (χ2n) is 7.75. The molecule has 2 unspecified atom stereocenters. The summed E-state index contributed by atoms with van der Waals surface area (Å²) in [5.74, 6) is 1.50. The molecule has 2 rings (SSSR count). The third-order valence-electron chi connectivity index (χ3n) is 5.38. The third-order valence-corrected chi connectivity index (χ3v) is 5.38. The van der Waals surface area contributed by atoms with Crippen LogP contribution in [0.3, 0.4) is 0 Å². The van der Waals surface area contributed by atoms with Crippen molar-refractivity contribution in [3.63, 3.8) is 0 Å². The van der Waals surface area contributed by atoms with Crippen LogP contribution in [0.2, 0.25) is 0 Å². The molecule has 1 aromatic rings. The maximum Gasteiger partial charge on any atom is 0.191 e. The van der Waals surface area contributed by atoms with Gasteiger partial charge in [-0.25, -0.2) is 0 Å². The summed E-state index contributed by atoms with van der Waals surface area (Å²) in [6, 6.07) is 11.8. The first-order chi connectivity index (χ1) is 12.5. The zero-order chi connectivity index (χ0) is 18.9. The number of piperazine rings is 1. The lowest BCUT2D eigenvalue weighted by Crippen LogP contribution is -2.48. The van der Waals surface area contributed by atoms with Gasteiger partial charge in [-0.1, -0.05) is 44.2 Å². The molecule has 0 radical (unpaired) electrons. The van der Waals surface area contributed by atoms with Crippen LogP contribution in [-0.4, -0.2) is 68.6 Å². The summed E-state index contributed by atoms with van der Waals surface area (Å²) in [5.41, 5.74) is 1.43. The van der Waals surface area contributed by atoms with E-state index in [9.17, 15) is 0 Å². The molecule has 5 heteroatoms. The minimum absolute atomic E-state index is 0.418. The van der Waals surface area contributed by atoms with E-state index in [0.29, 0.717) is 18.0 Å². The Labute approximate surface area is 159 Å². The van der Waals surface area contributed by atoms with Gasteiger partial charge in [-0.2, -0.15) is 0 Å². The van der Waals surface area contributed by atoms with E-state index < -0.39 is 0 Å². The zero-order valence-electron chi connectivity index (χ0n) is 17.2. The number of nitrogens with zero attached hydrogens (tertiary/aromatic N) is 3. The summed E-state index contributed by atoms with van der Waals surface area (Å²) in [4.78, 5) is 9.41. The molecule has 0 aliphatic carbocycles. The fraction of sp³-hybridized carbons (Fsp3) is 0.667. The summed E-state index contributed by atoms with van der Waals surface area (Å²) >= 11 is 0. The Kier molecular flexibility index (Phi) is 8.39. The fourth-order valence-corrected chi connectivity index (χ4v) is 3.28. The van der Waals surface area contributed by atoms with Gasteiger partial charge in [-0.15, -0.1) is 0 Å². The highest BCUT2D eigenvalue weighted by atomic mass is 15.3. The molecule has 0 spiro atoms. The van der Waals surface area contributed by atoms with Crippen LogP contribution in [0.25, 0.3) is 0 Å². The number of nitrogens with one attached hydrogen (secondary N) is 2. The number of likely N-dealkylation sites (N-methyl/N-ethyl adjacent to an activating group) is 1. The average Bonchev–Trinajstić information content (AvgIpc) is 2.65. The summed E-state index contributed by atoms with van der Waals surface area (Å²) in [7, 11) is 4.06. The minimum Gasteiger partial charge on any atom is -0.356 e. The highest BCUT2D eigenvalue weighted by Crippen LogP contribution is 2.24. The fourth-order valence-electron chi connectivity index (χ4n) is 3.28. The van der Waals surface area contributed by atoms with Crippen molar-refractivity contribution in [2.75, 3.05) is 46.8 Å².